The predicted molar refractivity (Wildman–Crippen MR) is 280 cm³/mol. The topological polar surface area (TPSA) is 21.3 Å². The summed E-state index contributed by atoms with van der Waals surface area (Å²) in [5, 5.41) is 4.96. The molecule has 0 amide bonds. The average molecular weight is 853 g/mol. The molecule has 0 radical (unpaired) electrons. The molecule has 0 bridgehead atoms. The second-order valence-electron chi connectivity index (χ2n) is 22.9. The van der Waals surface area contributed by atoms with Crippen LogP contribution in [0.1, 0.15) is 103 Å². The molecular formula is C62H53BN2O. The van der Waals surface area contributed by atoms with E-state index >= 15 is 0 Å². The summed E-state index contributed by atoms with van der Waals surface area (Å²) < 4.78 is 9.44. The Balaban J connectivity index is 1.15. The number of aromatic nitrogens is 1. The van der Waals surface area contributed by atoms with Crippen LogP contribution in [-0.4, -0.2) is 11.4 Å². The minimum atomic E-state index is -0.173. The van der Waals surface area contributed by atoms with Gasteiger partial charge in [-0.1, -0.05) is 160 Å². The van der Waals surface area contributed by atoms with Crippen LogP contribution in [0.2, 0.25) is 0 Å². The molecule has 0 unspecified atom stereocenters. The lowest BCUT2D eigenvalue weighted by Gasteiger charge is -2.42. The van der Waals surface area contributed by atoms with Gasteiger partial charge in [-0.15, -0.1) is 0 Å². The predicted octanol–water partition coefficient (Wildman–Crippen LogP) is 15.1. The van der Waals surface area contributed by atoms with E-state index in [2.05, 4.69) is 218 Å². The van der Waals surface area contributed by atoms with Crippen LogP contribution in [0, 0.1) is 0 Å². The SMILES string of the molecule is CC(C)(C)c1ccc(N2B3c4cc5oc6ccccc6c5cc4-n4c5ccc6c(c5c5ccc(c3c54)-c3cc4c(cc32)-c2ccc(C(C)(C)C)cc2C4(C)C)-c2ccccc2C6(C)C)cc1. The fourth-order valence-electron chi connectivity index (χ4n) is 13.0. The van der Waals surface area contributed by atoms with Crippen molar-refractivity contribution in [1.82, 2.24) is 4.57 Å². The third kappa shape index (κ3) is 4.70. The molecule has 4 heterocycles. The van der Waals surface area contributed by atoms with Gasteiger partial charge < -0.3 is 13.8 Å². The van der Waals surface area contributed by atoms with E-state index in [-0.39, 0.29) is 28.5 Å². The van der Waals surface area contributed by atoms with Crippen LogP contribution in [0.5, 0.6) is 0 Å². The first-order chi connectivity index (χ1) is 31.5. The largest absolute Gasteiger partial charge is 0.456 e. The number of benzene rings is 8. The number of rotatable bonds is 1. The number of furan rings is 1. The zero-order valence-electron chi connectivity index (χ0n) is 39.7. The maximum absolute atomic E-state index is 6.80. The summed E-state index contributed by atoms with van der Waals surface area (Å²) in [4.78, 5) is 2.69. The van der Waals surface area contributed by atoms with Crippen LogP contribution in [0.25, 0.3) is 82.8 Å². The molecule has 2 aliphatic carbocycles. The highest BCUT2D eigenvalue weighted by molar-refractivity contribution is 6.94. The maximum Gasteiger partial charge on any atom is 0.333 e. The lowest BCUT2D eigenvalue weighted by molar-refractivity contribution is 0.584. The van der Waals surface area contributed by atoms with Gasteiger partial charge in [-0.05, 0) is 131 Å². The molecule has 14 rings (SSSR count). The van der Waals surface area contributed by atoms with Crippen LogP contribution in [0.3, 0.4) is 0 Å². The molecule has 8 aromatic carbocycles. The van der Waals surface area contributed by atoms with E-state index in [0.717, 1.165) is 21.9 Å². The first-order valence-corrected chi connectivity index (χ1v) is 24.0. The highest BCUT2D eigenvalue weighted by Gasteiger charge is 2.47. The van der Waals surface area contributed by atoms with Crippen molar-refractivity contribution in [3.05, 3.63) is 173 Å². The van der Waals surface area contributed by atoms with Crippen molar-refractivity contribution in [3.8, 4) is 39.1 Å². The third-order valence-corrected chi connectivity index (χ3v) is 16.5. The highest BCUT2D eigenvalue weighted by Crippen LogP contribution is 2.57. The van der Waals surface area contributed by atoms with Crippen molar-refractivity contribution in [2.24, 2.45) is 0 Å². The van der Waals surface area contributed by atoms with E-state index in [1.165, 1.54) is 117 Å². The smallest absolute Gasteiger partial charge is 0.333 e. The van der Waals surface area contributed by atoms with Crippen LogP contribution in [-0.2, 0) is 21.7 Å². The van der Waals surface area contributed by atoms with Gasteiger partial charge in [-0.3, -0.25) is 0 Å². The molecule has 2 aliphatic heterocycles. The van der Waals surface area contributed by atoms with Gasteiger partial charge >= 0.3 is 6.85 Å². The fraction of sp³-hybridized carbons (Fsp3) is 0.226. The van der Waals surface area contributed by atoms with Crippen molar-refractivity contribution in [3.63, 3.8) is 0 Å². The average Bonchev–Trinajstić information content (AvgIpc) is 3.97. The second kappa shape index (κ2) is 12.2. The third-order valence-electron chi connectivity index (χ3n) is 16.5. The Kier molecular flexibility index (Phi) is 7.09. The van der Waals surface area contributed by atoms with Gasteiger partial charge in [0.05, 0.1) is 11.0 Å². The summed E-state index contributed by atoms with van der Waals surface area (Å²) in [5.74, 6) is 0. The molecule has 0 saturated carbocycles. The zero-order valence-corrected chi connectivity index (χ0v) is 39.7. The summed E-state index contributed by atoms with van der Waals surface area (Å²) in [6.45, 7) is 23.5. The van der Waals surface area contributed by atoms with E-state index in [9.17, 15) is 0 Å². The molecule has 0 N–H and O–H groups in total. The van der Waals surface area contributed by atoms with Crippen LogP contribution in [0.4, 0.5) is 11.4 Å². The molecule has 0 saturated heterocycles. The normalized spacial score (nSPS) is 15.9. The number of hydrogen-bond donors (Lipinski definition) is 0. The standard InChI is InChI=1S/C62H53BN2O/c1-59(2,3)34-19-22-36(23-20-34)65-51-31-42-37-24-21-35(60(4,5)6)29-47(37)62(9,10)48(42)30-43(51)39-25-26-41-56-50(28-27-46-55(56)40-16-11-13-17-45(40)61(46,7)8)64-52-32-44-38-15-12-14-18-53(38)66-54(44)33-49(52)63(65)57(39)58(41)64/h11-33H,1-10H3. The minimum absolute atomic E-state index is 0.0256. The molecule has 0 spiro atoms. The highest BCUT2D eigenvalue weighted by atomic mass is 16.3. The van der Waals surface area contributed by atoms with Crippen LogP contribution < -0.4 is 15.7 Å². The molecular weight excluding hydrogens is 800 g/mol. The molecule has 4 heteroatoms. The number of fused-ring (bicyclic) bond motifs is 18. The van der Waals surface area contributed by atoms with E-state index in [1.54, 1.807) is 0 Å². The summed E-state index contributed by atoms with van der Waals surface area (Å²) in [7, 11) is 0. The summed E-state index contributed by atoms with van der Waals surface area (Å²) in [5.41, 5.74) is 26.8. The van der Waals surface area contributed by atoms with E-state index in [4.69, 9.17) is 4.42 Å². The quantitative estimate of drug-likeness (QED) is 0.153. The molecule has 4 aliphatic rings. The van der Waals surface area contributed by atoms with Gasteiger partial charge in [0.15, 0.2) is 0 Å². The Hall–Kier alpha value is -6.78. The molecule has 66 heavy (non-hydrogen) atoms. The van der Waals surface area contributed by atoms with E-state index < -0.39 is 0 Å². The fourth-order valence-corrected chi connectivity index (χ4v) is 13.0. The van der Waals surface area contributed by atoms with E-state index in [1.807, 2.05) is 0 Å². The van der Waals surface area contributed by atoms with Gasteiger partial charge in [-0.2, -0.15) is 0 Å². The van der Waals surface area contributed by atoms with Crippen molar-refractivity contribution in [2.75, 3.05) is 4.81 Å². The van der Waals surface area contributed by atoms with Gasteiger partial charge in [0.25, 0.3) is 0 Å². The number of hydrogen-bond acceptors (Lipinski definition) is 2. The van der Waals surface area contributed by atoms with Crippen molar-refractivity contribution in [2.45, 2.75) is 90.9 Å². The van der Waals surface area contributed by atoms with Crippen LogP contribution in [0.15, 0.2) is 144 Å². The lowest BCUT2D eigenvalue weighted by atomic mass is 9.44. The zero-order chi connectivity index (χ0) is 45.1. The minimum Gasteiger partial charge on any atom is -0.456 e. The summed E-state index contributed by atoms with van der Waals surface area (Å²) in [6.07, 6.45) is 0. The Morgan fingerprint density at radius 1 is 0.485 bits per heavy atom. The first kappa shape index (κ1) is 38.5. The Bertz CT molecular complexity index is 3840. The molecule has 320 valence electrons. The summed E-state index contributed by atoms with van der Waals surface area (Å²) >= 11 is 0. The second-order valence-corrected chi connectivity index (χ2v) is 22.9. The molecule has 0 atom stereocenters. The van der Waals surface area contributed by atoms with Crippen molar-refractivity contribution in [1.29, 1.82) is 0 Å². The Morgan fingerprint density at radius 3 is 1.97 bits per heavy atom. The van der Waals surface area contributed by atoms with Gasteiger partial charge in [0.1, 0.15) is 11.2 Å². The first-order valence-electron chi connectivity index (χ1n) is 24.0. The lowest BCUT2D eigenvalue weighted by Crippen LogP contribution is -2.60. The van der Waals surface area contributed by atoms with E-state index in [0.29, 0.717) is 0 Å². The molecule has 0 fully saturated rings. The van der Waals surface area contributed by atoms with Crippen molar-refractivity contribution < 1.29 is 4.42 Å². The van der Waals surface area contributed by atoms with Crippen molar-refractivity contribution >= 4 is 72.9 Å². The number of nitrogens with zero attached hydrogens (tertiary/aromatic N) is 2. The molecule has 10 aromatic rings. The van der Waals surface area contributed by atoms with Gasteiger partial charge in [0.2, 0.25) is 0 Å². The van der Waals surface area contributed by atoms with Crippen LogP contribution >= 0.6 is 0 Å². The molecule has 2 aromatic heterocycles. The molecule has 3 nitrogen and oxygen atoms in total. The monoisotopic (exact) mass is 852 g/mol. The number of para-hydroxylation sites is 1. The Morgan fingerprint density at radius 2 is 1.18 bits per heavy atom. The van der Waals surface area contributed by atoms with Gasteiger partial charge in [-0.25, -0.2) is 0 Å². The van der Waals surface area contributed by atoms with Gasteiger partial charge in [0, 0.05) is 55.0 Å². The summed E-state index contributed by atoms with van der Waals surface area (Å²) in [6, 6.07) is 54.2. The Labute approximate surface area is 387 Å². The number of anilines is 2. The maximum atomic E-state index is 6.80.